The van der Waals surface area contributed by atoms with Gasteiger partial charge in [0.15, 0.2) is 0 Å². The van der Waals surface area contributed by atoms with Crippen molar-refractivity contribution in [2.45, 2.75) is 51.2 Å². The maximum absolute atomic E-state index is 12.4. The first-order valence-electron chi connectivity index (χ1n) is 6.22. The molecular weight excluding hydrogens is 232 g/mol. The number of carbonyl (C=O) groups excluding carboxylic acids is 1. The third-order valence-corrected chi connectivity index (χ3v) is 4.52. The van der Waals surface area contributed by atoms with Crippen molar-refractivity contribution in [1.82, 2.24) is 4.90 Å². The summed E-state index contributed by atoms with van der Waals surface area (Å²) in [5, 5.41) is 1.96. The molecule has 4 heteroatoms. The summed E-state index contributed by atoms with van der Waals surface area (Å²) in [6.07, 6.45) is 3.39. The molecular formula is C13H20N2OS. The summed E-state index contributed by atoms with van der Waals surface area (Å²) < 4.78 is 0. The highest BCUT2D eigenvalue weighted by Crippen LogP contribution is 2.27. The molecule has 1 aromatic heterocycles. The molecule has 0 saturated carbocycles. The van der Waals surface area contributed by atoms with E-state index < -0.39 is 6.04 Å². The molecule has 1 aromatic rings. The highest BCUT2D eigenvalue weighted by Gasteiger charge is 2.32. The van der Waals surface area contributed by atoms with Gasteiger partial charge in [-0.2, -0.15) is 0 Å². The van der Waals surface area contributed by atoms with E-state index in [-0.39, 0.29) is 5.91 Å². The van der Waals surface area contributed by atoms with Gasteiger partial charge in [0.05, 0.1) is 0 Å². The fourth-order valence-electron chi connectivity index (χ4n) is 2.61. The van der Waals surface area contributed by atoms with Crippen LogP contribution in [0.1, 0.15) is 44.0 Å². The van der Waals surface area contributed by atoms with Crippen LogP contribution in [-0.2, 0) is 4.79 Å². The second-order valence-electron chi connectivity index (χ2n) is 4.87. The van der Waals surface area contributed by atoms with Crippen molar-refractivity contribution in [3.63, 3.8) is 0 Å². The van der Waals surface area contributed by atoms with Crippen molar-refractivity contribution in [2.75, 3.05) is 0 Å². The first-order chi connectivity index (χ1) is 8.11. The van der Waals surface area contributed by atoms with Gasteiger partial charge in [-0.15, -0.1) is 11.3 Å². The zero-order chi connectivity index (χ0) is 12.4. The predicted octanol–water partition coefficient (Wildman–Crippen LogP) is 2.54. The molecule has 2 rings (SSSR count). The molecule has 1 saturated heterocycles. The van der Waals surface area contributed by atoms with Gasteiger partial charge in [0.25, 0.3) is 0 Å². The largest absolute Gasteiger partial charge is 0.336 e. The lowest BCUT2D eigenvalue weighted by Crippen LogP contribution is -2.50. The standard InChI is InChI=1S/C13H20N2OS/c1-9-5-3-6-10(2)15(9)13(16)12(14)11-7-4-8-17-11/h4,7-10,12H,3,5-6,14H2,1-2H3/t9-,10+,12?. The maximum atomic E-state index is 12.4. The summed E-state index contributed by atoms with van der Waals surface area (Å²) in [5.41, 5.74) is 6.06. The number of nitrogens with zero attached hydrogens (tertiary/aromatic N) is 1. The molecule has 0 aliphatic carbocycles. The number of amides is 1. The molecule has 1 unspecified atom stereocenters. The Hall–Kier alpha value is -0.870. The average Bonchev–Trinajstić information content (AvgIpc) is 2.81. The van der Waals surface area contributed by atoms with Crippen LogP contribution in [0.25, 0.3) is 0 Å². The molecule has 2 N–H and O–H groups in total. The summed E-state index contributed by atoms with van der Waals surface area (Å²) in [7, 11) is 0. The Morgan fingerprint density at radius 3 is 2.65 bits per heavy atom. The summed E-state index contributed by atoms with van der Waals surface area (Å²) in [6, 6.07) is 4.02. The Bertz CT molecular complexity index is 367. The first kappa shape index (κ1) is 12.6. The highest BCUT2D eigenvalue weighted by atomic mass is 32.1. The van der Waals surface area contributed by atoms with Gasteiger partial charge in [-0.05, 0) is 44.6 Å². The molecule has 3 atom stereocenters. The SMILES string of the molecule is C[C@@H]1CCC[C@H](C)N1C(=O)C(N)c1cccs1. The van der Waals surface area contributed by atoms with Gasteiger partial charge in [0, 0.05) is 17.0 Å². The number of piperidine rings is 1. The van der Waals surface area contributed by atoms with Crippen LogP contribution in [0.5, 0.6) is 0 Å². The summed E-state index contributed by atoms with van der Waals surface area (Å²) in [5.74, 6) is 0.0761. The van der Waals surface area contributed by atoms with E-state index >= 15 is 0 Å². The number of thiophene rings is 1. The van der Waals surface area contributed by atoms with Crippen molar-refractivity contribution < 1.29 is 4.79 Å². The van der Waals surface area contributed by atoms with E-state index in [0.29, 0.717) is 12.1 Å². The Morgan fingerprint density at radius 2 is 2.12 bits per heavy atom. The molecule has 1 fully saturated rings. The van der Waals surface area contributed by atoms with Crippen LogP contribution in [0.4, 0.5) is 0 Å². The van der Waals surface area contributed by atoms with Crippen molar-refractivity contribution in [1.29, 1.82) is 0 Å². The summed E-state index contributed by atoms with van der Waals surface area (Å²) >= 11 is 1.55. The average molecular weight is 252 g/mol. The molecule has 1 amide bonds. The highest BCUT2D eigenvalue weighted by molar-refractivity contribution is 7.10. The Labute approximate surface area is 107 Å². The van der Waals surface area contributed by atoms with Crippen LogP contribution in [-0.4, -0.2) is 22.9 Å². The second-order valence-corrected chi connectivity index (χ2v) is 5.85. The fourth-order valence-corrected chi connectivity index (χ4v) is 3.33. The number of nitrogens with two attached hydrogens (primary N) is 1. The third kappa shape index (κ3) is 2.53. The predicted molar refractivity (Wildman–Crippen MR) is 70.9 cm³/mol. The van der Waals surface area contributed by atoms with Gasteiger partial charge in [0.1, 0.15) is 6.04 Å². The van der Waals surface area contributed by atoms with Gasteiger partial charge >= 0.3 is 0 Å². The number of rotatable bonds is 2. The van der Waals surface area contributed by atoms with Crippen LogP contribution in [0.2, 0.25) is 0 Å². The summed E-state index contributed by atoms with van der Waals surface area (Å²) in [6.45, 7) is 4.24. The van der Waals surface area contributed by atoms with Crippen LogP contribution < -0.4 is 5.73 Å². The molecule has 0 bridgehead atoms. The molecule has 3 nitrogen and oxygen atoms in total. The number of hydrogen-bond donors (Lipinski definition) is 1. The lowest BCUT2D eigenvalue weighted by molar-refractivity contribution is -0.138. The smallest absolute Gasteiger partial charge is 0.245 e. The molecule has 17 heavy (non-hydrogen) atoms. The lowest BCUT2D eigenvalue weighted by atomic mass is 9.96. The Balaban J connectivity index is 2.13. The molecule has 0 radical (unpaired) electrons. The van der Waals surface area contributed by atoms with Gasteiger partial charge < -0.3 is 10.6 Å². The van der Waals surface area contributed by atoms with Crippen LogP contribution >= 0.6 is 11.3 Å². The van der Waals surface area contributed by atoms with Gasteiger partial charge in [-0.3, -0.25) is 4.79 Å². The number of carbonyl (C=O) groups is 1. The zero-order valence-corrected chi connectivity index (χ0v) is 11.2. The minimum absolute atomic E-state index is 0.0761. The monoisotopic (exact) mass is 252 g/mol. The van der Waals surface area contributed by atoms with Gasteiger partial charge in [-0.25, -0.2) is 0 Å². The van der Waals surface area contributed by atoms with Crippen molar-refractivity contribution in [3.8, 4) is 0 Å². The third-order valence-electron chi connectivity index (χ3n) is 3.56. The fraction of sp³-hybridized carbons (Fsp3) is 0.615. The van der Waals surface area contributed by atoms with Crippen LogP contribution in [0.15, 0.2) is 17.5 Å². The molecule has 0 aromatic carbocycles. The van der Waals surface area contributed by atoms with E-state index in [1.54, 1.807) is 11.3 Å². The van der Waals surface area contributed by atoms with Crippen LogP contribution in [0.3, 0.4) is 0 Å². The van der Waals surface area contributed by atoms with E-state index in [1.165, 1.54) is 6.42 Å². The van der Waals surface area contributed by atoms with Crippen molar-refractivity contribution in [2.24, 2.45) is 5.73 Å². The van der Waals surface area contributed by atoms with Crippen molar-refractivity contribution >= 4 is 17.2 Å². The molecule has 1 aliphatic heterocycles. The van der Waals surface area contributed by atoms with Gasteiger partial charge in [-0.1, -0.05) is 6.07 Å². The zero-order valence-electron chi connectivity index (χ0n) is 10.4. The molecule has 2 heterocycles. The second kappa shape index (κ2) is 5.19. The van der Waals surface area contributed by atoms with E-state index in [0.717, 1.165) is 17.7 Å². The van der Waals surface area contributed by atoms with E-state index in [1.807, 2.05) is 22.4 Å². The van der Waals surface area contributed by atoms with E-state index in [4.69, 9.17) is 5.73 Å². The normalized spacial score (nSPS) is 26.9. The minimum Gasteiger partial charge on any atom is -0.336 e. The molecule has 94 valence electrons. The maximum Gasteiger partial charge on any atom is 0.245 e. The minimum atomic E-state index is -0.488. The first-order valence-corrected chi connectivity index (χ1v) is 7.10. The Morgan fingerprint density at radius 1 is 1.47 bits per heavy atom. The lowest BCUT2D eigenvalue weighted by Gasteiger charge is -2.40. The van der Waals surface area contributed by atoms with E-state index in [2.05, 4.69) is 13.8 Å². The quantitative estimate of drug-likeness (QED) is 0.879. The number of likely N-dealkylation sites (tertiary alicyclic amines) is 1. The topological polar surface area (TPSA) is 46.3 Å². The summed E-state index contributed by atoms with van der Waals surface area (Å²) in [4.78, 5) is 15.4. The Kier molecular flexibility index (Phi) is 3.84. The molecule has 0 spiro atoms. The van der Waals surface area contributed by atoms with E-state index in [9.17, 15) is 4.79 Å². The van der Waals surface area contributed by atoms with Crippen molar-refractivity contribution in [3.05, 3.63) is 22.4 Å². The number of hydrogen-bond acceptors (Lipinski definition) is 3. The van der Waals surface area contributed by atoms with Gasteiger partial charge in [0.2, 0.25) is 5.91 Å². The van der Waals surface area contributed by atoms with Crippen LogP contribution in [0, 0.1) is 0 Å². The molecule has 1 aliphatic rings.